The minimum atomic E-state index is -4.13. The van der Waals surface area contributed by atoms with Crippen LogP contribution >= 0.6 is 0 Å². The maximum absolute atomic E-state index is 12.1. The van der Waals surface area contributed by atoms with E-state index < -0.39 is 15.1 Å². The van der Waals surface area contributed by atoms with Crippen LogP contribution in [0.2, 0.25) is 0 Å². The summed E-state index contributed by atoms with van der Waals surface area (Å²) in [5.41, 5.74) is 2.14. The summed E-state index contributed by atoms with van der Waals surface area (Å²) < 4.78 is 26.3. The Balaban J connectivity index is 1.83. The molecule has 22 heavy (non-hydrogen) atoms. The van der Waals surface area contributed by atoms with Crippen molar-refractivity contribution in [2.75, 3.05) is 4.72 Å². The van der Waals surface area contributed by atoms with Crippen molar-refractivity contribution in [1.29, 1.82) is 0 Å². The van der Waals surface area contributed by atoms with E-state index in [4.69, 9.17) is 0 Å². The molecule has 0 aliphatic rings. The number of H-pyrrole nitrogens is 1. The van der Waals surface area contributed by atoms with Crippen molar-refractivity contribution < 1.29 is 13.2 Å². The fourth-order valence-electron chi connectivity index (χ4n) is 2.05. The van der Waals surface area contributed by atoms with E-state index in [0.29, 0.717) is 11.1 Å². The quantitative estimate of drug-likeness (QED) is 0.758. The predicted octanol–water partition coefficient (Wildman–Crippen LogP) is 1.47. The molecule has 0 radical (unpaired) electrons. The second kappa shape index (κ2) is 5.57. The average Bonchev–Trinajstić information content (AvgIpc) is 2.97. The van der Waals surface area contributed by atoms with Crippen molar-refractivity contribution in [3.8, 4) is 0 Å². The molecule has 7 nitrogen and oxygen atoms in total. The van der Waals surface area contributed by atoms with Gasteiger partial charge in [0.05, 0.1) is 35.7 Å². The van der Waals surface area contributed by atoms with Crippen LogP contribution in [0.5, 0.6) is 0 Å². The van der Waals surface area contributed by atoms with Crippen LogP contribution < -0.4 is 4.72 Å². The number of hydrogen-bond donors (Lipinski definition) is 2. The van der Waals surface area contributed by atoms with Crippen molar-refractivity contribution >= 4 is 31.9 Å². The van der Waals surface area contributed by atoms with Crippen LogP contribution in [0.4, 0.5) is 5.69 Å². The van der Waals surface area contributed by atoms with Gasteiger partial charge < -0.3 is 4.98 Å². The summed E-state index contributed by atoms with van der Waals surface area (Å²) in [5, 5.41) is -0.924. The van der Waals surface area contributed by atoms with E-state index in [-0.39, 0.29) is 12.1 Å². The highest BCUT2D eigenvalue weighted by Crippen LogP contribution is 2.17. The normalized spacial score (nSPS) is 11.5. The fourth-order valence-corrected chi connectivity index (χ4v) is 2.95. The second-order valence-corrected chi connectivity index (χ2v) is 6.28. The molecule has 0 unspecified atom stereocenters. The third-order valence-corrected chi connectivity index (χ3v) is 4.33. The smallest absolute Gasteiger partial charge is 0.296 e. The Kier molecular flexibility index (Phi) is 3.60. The molecule has 0 saturated heterocycles. The Bertz CT molecular complexity index is 919. The number of imidazole rings is 1. The van der Waals surface area contributed by atoms with Gasteiger partial charge in [0.25, 0.3) is 15.1 Å². The molecule has 1 aromatic carbocycles. The molecule has 3 rings (SSSR count). The van der Waals surface area contributed by atoms with Gasteiger partial charge in [-0.05, 0) is 23.8 Å². The molecule has 0 atom stereocenters. The lowest BCUT2D eigenvalue weighted by Gasteiger charge is -2.06. The molecular weight excluding hydrogens is 304 g/mol. The first-order valence-electron chi connectivity index (χ1n) is 6.43. The molecule has 0 aliphatic heterocycles. The molecule has 3 aromatic rings. The van der Waals surface area contributed by atoms with Crippen LogP contribution in [0.25, 0.3) is 11.0 Å². The van der Waals surface area contributed by atoms with Crippen LogP contribution in [-0.4, -0.2) is 28.5 Å². The van der Waals surface area contributed by atoms with Gasteiger partial charge in [0, 0.05) is 6.20 Å². The number of hydrogen-bond acceptors (Lipinski definition) is 5. The Labute approximate surface area is 126 Å². The van der Waals surface area contributed by atoms with Crippen molar-refractivity contribution in [2.24, 2.45) is 0 Å². The zero-order valence-corrected chi connectivity index (χ0v) is 12.2. The first-order valence-corrected chi connectivity index (χ1v) is 7.91. The molecular formula is C14H12N4O3S. The number of carbonyl (C=O) groups excluding carboxylic acids is 1. The number of anilines is 1. The molecule has 0 bridgehead atoms. The van der Waals surface area contributed by atoms with Gasteiger partial charge in [-0.2, -0.15) is 8.42 Å². The molecule has 0 saturated carbocycles. The molecule has 0 spiro atoms. The maximum Gasteiger partial charge on any atom is 0.296 e. The predicted molar refractivity (Wildman–Crippen MR) is 81.6 cm³/mol. The number of aromatic amines is 1. The van der Waals surface area contributed by atoms with Gasteiger partial charge in [0.15, 0.2) is 0 Å². The van der Waals surface area contributed by atoms with E-state index in [0.717, 1.165) is 5.52 Å². The summed E-state index contributed by atoms with van der Waals surface area (Å²) in [6.45, 7) is 0. The van der Waals surface area contributed by atoms with Crippen LogP contribution in [-0.2, 0) is 21.2 Å². The lowest BCUT2D eigenvalue weighted by atomic mass is 10.1. The third kappa shape index (κ3) is 2.82. The Morgan fingerprint density at radius 2 is 2.09 bits per heavy atom. The first-order chi connectivity index (χ1) is 10.6. The monoisotopic (exact) mass is 316 g/mol. The summed E-state index contributed by atoms with van der Waals surface area (Å²) in [7, 11) is -4.13. The van der Waals surface area contributed by atoms with Gasteiger partial charge in [-0.1, -0.05) is 12.1 Å². The van der Waals surface area contributed by atoms with Crippen molar-refractivity contribution in [1.82, 2.24) is 15.0 Å². The van der Waals surface area contributed by atoms with Crippen molar-refractivity contribution in [3.05, 3.63) is 54.6 Å². The van der Waals surface area contributed by atoms with E-state index in [1.165, 1.54) is 24.8 Å². The lowest BCUT2D eigenvalue weighted by Crippen LogP contribution is -2.24. The second-order valence-electron chi connectivity index (χ2n) is 4.61. The number of benzene rings is 1. The molecule has 2 N–H and O–H groups in total. The van der Waals surface area contributed by atoms with Crippen LogP contribution in [0.3, 0.4) is 0 Å². The maximum atomic E-state index is 12.1. The van der Waals surface area contributed by atoms with Gasteiger partial charge in [0.2, 0.25) is 0 Å². The molecule has 0 amide bonds. The highest BCUT2D eigenvalue weighted by Gasteiger charge is 2.23. The number of nitrogens with zero attached hydrogens (tertiary/aromatic N) is 2. The van der Waals surface area contributed by atoms with Gasteiger partial charge in [-0.25, -0.2) is 4.98 Å². The van der Waals surface area contributed by atoms with Gasteiger partial charge >= 0.3 is 0 Å². The van der Waals surface area contributed by atoms with E-state index >= 15 is 0 Å². The Hall–Kier alpha value is -2.74. The topological polar surface area (TPSA) is 105 Å². The first kappa shape index (κ1) is 14.2. The van der Waals surface area contributed by atoms with E-state index in [1.807, 2.05) is 0 Å². The zero-order valence-electron chi connectivity index (χ0n) is 11.4. The highest BCUT2D eigenvalue weighted by atomic mass is 32.2. The molecule has 0 fully saturated rings. The van der Waals surface area contributed by atoms with Crippen molar-refractivity contribution in [3.63, 3.8) is 0 Å². The summed E-state index contributed by atoms with van der Waals surface area (Å²) in [5.74, 6) is 0. The van der Waals surface area contributed by atoms with Crippen LogP contribution in [0.15, 0.2) is 49.1 Å². The summed E-state index contributed by atoms with van der Waals surface area (Å²) in [6.07, 6.45) is 4.09. The van der Waals surface area contributed by atoms with Crippen molar-refractivity contribution in [2.45, 2.75) is 6.42 Å². The molecule has 0 aliphatic carbocycles. The molecule has 112 valence electrons. The highest BCUT2D eigenvalue weighted by molar-refractivity contribution is 8.07. The largest absolute Gasteiger partial charge is 0.345 e. The lowest BCUT2D eigenvalue weighted by molar-refractivity contribution is -0.111. The minimum Gasteiger partial charge on any atom is -0.345 e. The van der Waals surface area contributed by atoms with Gasteiger partial charge in [0.1, 0.15) is 0 Å². The SMILES string of the molecule is O=C(Cc1cccc2[nH]cnc12)S(=O)(=O)Nc1cccnc1. The van der Waals surface area contributed by atoms with Crippen LogP contribution in [0, 0.1) is 0 Å². The van der Waals surface area contributed by atoms with Gasteiger partial charge in [-0.15, -0.1) is 0 Å². The standard InChI is InChI=1S/C14H12N4O3S/c19-13(22(20,21)18-11-4-2-6-15-8-11)7-10-3-1-5-12-14(10)17-9-16-12/h1-6,8-9,18H,7H2,(H,16,17). The molecule has 8 heteroatoms. The number of pyridine rings is 1. The summed E-state index contributed by atoms with van der Waals surface area (Å²) >= 11 is 0. The average molecular weight is 316 g/mol. The number of aromatic nitrogens is 3. The molecule has 2 heterocycles. The number of nitrogens with one attached hydrogen (secondary N) is 2. The fraction of sp³-hybridized carbons (Fsp3) is 0.0714. The van der Waals surface area contributed by atoms with E-state index in [2.05, 4.69) is 19.7 Å². The number of para-hydroxylation sites is 1. The van der Waals surface area contributed by atoms with E-state index in [1.54, 1.807) is 24.3 Å². The zero-order chi connectivity index (χ0) is 15.6. The number of rotatable bonds is 4. The number of carbonyl (C=O) groups is 1. The van der Waals surface area contributed by atoms with Crippen LogP contribution in [0.1, 0.15) is 5.56 Å². The number of sulfonamides is 1. The Morgan fingerprint density at radius 3 is 2.86 bits per heavy atom. The summed E-state index contributed by atoms with van der Waals surface area (Å²) in [4.78, 5) is 22.9. The summed E-state index contributed by atoms with van der Waals surface area (Å²) in [6, 6.07) is 8.32. The number of fused-ring (bicyclic) bond motifs is 1. The Morgan fingerprint density at radius 1 is 1.23 bits per heavy atom. The van der Waals surface area contributed by atoms with Gasteiger partial charge in [-0.3, -0.25) is 14.5 Å². The molecule has 2 aromatic heterocycles. The minimum absolute atomic E-state index is 0.244. The third-order valence-electron chi connectivity index (χ3n) is 3.08. The van der Waals surface area contributed by atoms with E-state index in [9.17, 15) is 13.2 Å².